The lowest BCUT2D eigenvalue weighted by Crippen LogP contribution is -2.34. The predicted molar refractivity (Wildman–Crippen MR) is 112 cm³/mol. The zero-order valence-electron chi connectivity index (χ0n) is 16.1. The van der Waals surface area contributed by atoms with Gasteiger partial charge < -0.3 is 14.8 Å². The number of para-hydroxylation sites is 1. The molecule has 29 heavy (non-hydrogen) atoms. The van der Waals surface area contributed by atoms with E-state index in [-0.39, 0.29) is 11.8 Å². The highest BCUT2D eigenvalue weighted by Gasteiger charge is 2.24. The maximum atomic E-state index is 12.6. The van der Waals surface area contributed by atoms with E-state index < -0.39 is 6.10 Å². The molecule has 0 aliphatic carbocycles. The number of benzene rings is 2. The van der Waals surface area contributed by atoms with Gasteiger partial charge in [0, 0.05) is 10.4 Å². The number of rotatable bonds is 4. The molecule has 1 atom stereocenters. The molecule has 0 saturated carbocycles. The van der Waals surface area contributed by atoms with E-state index in [2.05, 4.69) is 15.6 Å². The van der Waals surface area contributed by atoms with Crippen molar-refractivity contribution in [2.24, 2.45) is 0 Å². The van der Waals surface area contributed by atoms with E-state index >= 15 is 0 Å². The first-order valence-corrected chi connectivity index (χ1v) is 9.81. The number of carbonyl (C=O) groups is 2. The topological polar surface area (TPSA) is 89.5 Å². The molecule has 2 N–H and O–H groups in total. The number of anilines is 2. The van der Waals surface area contributed by atoms with E-state index in [1.807, 2.05) is 25.1 Å². The third-order valence-corrected chi connectivity index (χ3v) is 5.44. The summed E-state index contributed by atoms with van der Waals surface area (Å²) in [5, 5.41) is 6.16. The van der Waals surface area contributed by atoms with Gasteiger partial charge in [-0.2, -0.15) is 0 Å². The molecule has 0 radical (unpaired) electrons. The van der Waals surface area contributed by atoms with Gasteiger partial charge in [-0.25, -0.2) is 4.98 Å². The average molecular weight is 409 g/mol. The number of amides is 2. The molecule has 0 fully saturated rings. The number of carbonyl (C=O) groups excluding carboxylic acids is 2. The van der Waals surface area contributed by atoms with Gasteiger partial charge >= 0.3 is 0 Å². The predicted octanol–water partition coefficient (Wildman–Crippen LogP) is 4.10. The lowest BCUT2D eigenvalue weighted by atomic mass is 10.1. The van der Waals surface area contributed by atoms with Crippen LogP contribution in [0, 0.1) is 6.92 Å². The van der Waals surface area contributed by atoms with Crippen LogP contribution in [0.4, 0.5) is 10.8 Å². The van der Waals surface area contributed by atoms with Crippen LogP contribution in [0.5, 0.6) is 11.5 Å². The Morgan fingerprint density at radius 2 is 2.07 bits per heavy atom. The number of thiazole rings is 1. The van der Waals surface area contributed by atoms with Gasteiger partial charge in [-0.05, 0) is 44.2 Å². The number of nitrogens with zero attached hydrogens (tertiary/aromatic N) is 1. The molecule has 1 aliphatic rings. The number of methoxy groups -OCH3 is 1. The van der Waals surface area contributed by atoms with Crippen LogP contribution in [0.25, 0.3) is 11.3 Å². The largest absolute Gasteiger partial charge is 0.496 e. The monoisotopic (exact) mass is 409 g/mol. The third kappa shape index (κ3) is 3.66. The summed E-state index contributed by atoms with van der Waals surface area (Å²) < 4.78 is 10.8. The van der Waals surface area contributed by atoms with Gasteiger partial charge in [0.2, 0.25) is 0 Å². The molecular formula is C21H19N3O4S. The molecule has 2 aromatic carbocycles. The van der Waals surface area contributed by atoms with Crippen LogP contribution in [0.3, 0.4) is 0 Å². The van der Waals surface area contributed by atoms with Crippen LogP contribution in [-0.2, 0) is 4.79 Å². The normalized spacial score (nSPS) is 15.1. The lowest BCUT2D eigenvalue weighted by Gasteiger charge is -2.23. The number of aryl methyl sites for hydroxylation is 1. The van der Waals surface area contributed by atoms with Gasteiger partial charge in [0.1, 0.15) is 11.5 Å². The third-order valence-electron chi connectivity index (χ3n) is 4.55. The number of fused-ring (bicyclic) bond motifs is 1. The van der Waals surface area contributed by atoms with Gasteiger partial charge in [0.25, 0.3) is 11.8 Å². The van der Waals surface area contributed by atoms with Crippen LogP contribution in [0.2, 0.25) is 0 Å². The van der Waals surface area contributed by atoms with E-state index in [0.717, 1.165) is 16.1 Å². The Kier molecular flexibility index (Phi) is 4.94. The zero-order chi connectivity index (χ0) is 20.5. The number of hydrogen-bond donors (Lipinski definition) is 2. The minimum absolute atomic E-state index is 0.186. The fourth-order valence-electron chi connectivity index (χ4n) is 3.07. The molecule has 148 valence electrons. The molecule has 0 bridgehead atoms. The van der Waals surface area contributed by atoms with Crippen LogP contribution >= 0.6 is 11.3 Å². The van der Waals surface area contributed by atoms with E-state index in [9.17, 15) is 9.59 Å². The molecule has 3 aromatic rings. The van der Waals surface area contributed by atoms with Gasteiger partial charge in [-0.15, -0.1) is 11.3 Å². The smallest absolute Gasteiger partial charge is 0.265 e. The molecule has 4 rings (SSSR count). The van der Waals surface area contributed by atoms with E-state index in [4.69, 9.17) is 9.47 Å². The number of ether oxygens (including phenoxy) is 2. The first-order valence-electron chi connectivity index (χ1n) is 9.00. The maximum Gasteiger partial charge on any atom is 0.265 e. The van der Waals surface area contributed by atoms with Crippen LogP contribution < -0.4 is 20.1 Å². The Balaban J connectivity index is 1.60. The molecule has 7 nitrogen and oxygen atoms in total. The van der Waals surface area contributed by atoms with Crippen LogP contribution in [0.1, 0.15) is 22.2 Å². The fraction of sp³-hybridized carbons (Fsp3) is 0.190. The second-order valence-electron chi connectivity index (χ2n) is 6.54. The van der Waals surface area contributed by atoms with E-state index in [1.165, 1.54) is 18.4 Å². The van der Waals surface area contributed by atoms with Gasteiger partial charge in [-0.1, -0.05) is 12.1 Å². The summed E-state index contributed by atoms with van der Waals surface area (Å²) in [7, 11) is 1.52. The van der Waals surface area contributed by atoms with Crippen molar-refractivity contribution in [2.45, 2.75) is 20.0 Å². The van der Waals surface area contributed by atoms with Crippen molar-refractivity contribution in [3.05, 3.63) is 52.9 Å². The summed E-state index contributed by atoms with van der Waals surface area (Å²) in [5.41, 5.74) is 2.61. The Bertz CT molecular complexity index is 1110. The Morgan fingerprint density at radius 3 is 2.86 bits per heavy atom. The number of nitrogens with one attached hydrogen (secondary N) is 2. The Morgan fingerprint density at radius 1 is 1.28 bits per heavy atom. The van der Waals surface area contributed by atoms with Crippen LogP contribution in [0.15, 0.2) is 42.5 Å². The first kappa shape index (κ1) is 18.9. The summed E-state index contributed by atoms with van der Waals surface area (Å²) in [5.74, 6) is 0.647. The zero-order valence-corrected chi connectivity index (χ0v) is 16.9. The molecule has 8 heteroatoms. The highest BCUT2D eigenvalue weighted by atomic mass is 32.1. The van der Waals surface area contributed by atoms with E-state index in [1.54, 1.807) is 31.2 Å². The summed E-state index contributed by atoms with van der Waals surface area (Å²) in [4.78, 5) is 30.0. The van der Waals surface area contributed by atoms with Crippen molar-refractivity contribution in [2.75, 3.05) is 17.7 Å². The summed E-state index contributed by atoms with van der Waals surface area (Å²) >= 11 is 1.38. The standard InChI is InChI=1S/C21H19N3O4S/c1-11-19(25)22-15-10-13(8-9-17(15)28-11)18-12(2)29-21(23-18)24-20(26)14-6-4-5-7-16(14)27-3/h4-11H,1-3H3,(H,22,25)(H,23,24,26). The second-order valence-corrected chi connectivity index (χ2v) is 7.74. The molecule has 2 amide bonds. The van der Waals surface area contributed by atoms with Gasteiger partial charge in [0.15, 0.2) is 11.2 Å². The SMILES string of the molecule is COc1ccccc1C(=O)Nc1nc(-c2ccc3c(c2)NC(=O)C(C)O3)c(C)s1. The second kappa shape index (κ2) is 7.56. The molecule has 0 spiro atoms. The molecular weight excluding hydrogens is 390 g/mol. The molecule has 1 aliphatic heterocycles. The quantitative estimate of drug-likeness (QED) is 0.677. The number of aromatic nitrogens is 1. The van der Waals surface area contributed by atoms with E-state index in [0.29, 0.717) is 27.9 Å². The van der Waals surface area contributed by atoms with Crippen molar-refractivity contribution < 1.29 is 19.1 Å². The van der Waals surface area contributed by atoms with Gasteiger partial charge in [-0.3, -0.25) is 14.9 Å². The Hall–Kier alpha value is -3.39. The van der Waals surface area contributed by atoms with Crippen LogP contribution in [-0.4, -0.2) is 30.0 Å². The molecule has 2 heterocycles. The fourth-order valence-corrected chi connectivity index (χ4v) is 3.90. The molecule has 1 unspecified atom stereocenters. The minimum atomic E-state index is -0.522. The lowest BCUT2D eigenvalue weighted by molar-refractivity contribution is -0.122. The summed E-state index contributed by atoms with van der Waals surface area (Å²) in [6.07, 6.45) is -0.522. The summed E-state index contributed by atoms with van der Waals surface area (Å²) in [6.45, 7) is 3.63. The van der Waals surface area contributed by atoms with Crippen molar-refractivity contribution in [3.8, 4) is 22.8 Å². The first-order chi connectivity index (χ1) is 14.0. The highest BCUT2D eigenvalue weighted by Crippen LogP contribution is 2.37. The maximum absolute atomic E-state index is 12.6. The minimum Gasteiger partial charge on any atom is -0.496 e. The molecule has 1 aromatic heterocycles. The average Bonchev–Trinajstić information content (AvgIpc) is 3.08. The number of hydrogen-bond acceptors (Lipinski definition) is 6. The van der Waals surface area contributed by atoms with Gasteiger partial charge in [0.05, 0.1) is 24.1 Å². The van der Waals surface area contributed by atoms with Crippen molar-refractivity contribution in [1.29, 1.82) is 0 Å². The molecule has 0 saturated heterocycles. The summed E-state index contributed by atoms with van der Waals surface area (Å²) in [6, 6.07) is 12.5. The Labute approximate surface area is 171 Å². The van der Waals surface area contributed by atoms with Crippen molar-refractivity contribution in [3.63, 3.8) is 0 Å². The van der Waals surface area contributed by atoms with Crippen molar-refractivity contribution in [1.82, 2.24) is 4.98 Å². The van der Waals surface area contributed by atoms with Crippen molar-refractivity contribution >= 4 is 34.0 Å². The highest BCUT2D eigenvalue weighted by molar-refractivity contribution is 7.16.